The van der Waals surface area contributed by atoms with E-state index in [2.05, 4.69) is 28.6 Å². The summed E-state index contributed by atoms with van der Waals surface area (Å²) < 4.78 is 27.7. The molecule has 16 heavy (non-hydrogen) atoms. The van der Waals surface area contributed by atoms with Crippen molar-refractivity contribution in [3.8, 4) is 0 Å². The Morgan fingerprint density at radius 1 is 1.06 bits per heavy atom. The van der Waals surface area contributed by atoms with Crippen LogP contribution in [0.15, 0.2) is 0 Å². The van der Waals surface area contributed by atoms with E-state index in [1.54, 1.807) is 6.92 Å². The van der Waals surface area contributed by atoms with Crippen LogP contribution in [-0.4, -0.2) is 43.5 Å². The van der Waals surface area contributed by atoms with E-state index >= 15 is 0 Å². The summed E-state index contributed by atoms with van der Waals surface area (Å²) in [5.74, 6) is -3.29. The molecule has 0 aromatic rings. The monoisotopic (exact) mass is 255 g/mol. The van der Waals surface area contributed by atoms with Crippen molar-refractivity contribution in [3.63, 3.8) is 0 Å². The Morgan fingerprint density at radius 3 is 2.12 bits per heavy atom. The molecule has 3 N–H and O–H groups in total. The van der Waals surface area contributed by atoms with Crippen LogP contribution in [0.5, 0.6) is 0 Å². The van der Waals surface area contributed by atoms with E-state index in [9.17, 15) is 8.78 Å². The lowest BCUT2D eigenvalue weighted by molar-refractivity contribution is 0.0790. The van der Waals surface area contributed by atoms with E-state index < -0.39 is 11.6 Å². The van der Waals surface area contributed by atoms with Crippen LogP contribution in [0.25, 0.3) is 0 Å². The number of halogens is 2. The first-order valence-corrected chi connectivity index (χ1v) is 6.22. The van der Waals surface area contributed by atoms with Crippen molar-refractivity contribution in [1.82, 2.24) is 16.0 Å². The summed E-state index contributed by atoms with van der Waals surface area (Å²) in [6.45, 7) is 6.27. The second kappa shape index (κ2) is 7.42. The molecular formula is C10H23F2N3S. The summed E-state index contributed by atoms with van der Waals surface area (Å²) in [6.07, 6.45) is 0. The molecule has 0 aromatic carbocycles. The Kier molecular flexibility index (Phi) is 7.46. The number of alkyl halides is 2. The van der Waals surface area contributed by atoms with E-state index in [0.717, 1.165) is 0 Å². The van der Waals surface area contributed by atoms with Gasteiger partial charge < -0.3 is 5.32 Å². The fourth-order valence-corrected chi connectivity index (χ4v) is 1.48. The zero-order chi connectivity index (χ0) is 12.7. The van der Waals surface area contributed by atoms with Gasteiger partial charge in [0.2, 0.25) is 0 Å². The summed E-state index contributed by atoms with van der Waals surface area (Å²) in [5, 5.41) is 8.07. The van der Waals surface area contributed by atoms with Crippen molar-refractivity contribution in [2.24, 2.45) is 0 Å². The highest BCUT2D eigenvalue weighted by atomic mass is 32.1. The molecule has 0 heterocycles. The topological polar surface area (TPSA) is 36.1 Å². The van der Waals surface area contributed by atoms with Gasteiger partial charge in [-0.25, -0.2) is 8.78 Å². The molecule has 0 aliphatic heterocycles. The van der Waals surface area contributed by atoms with Gasteiger partial charge in [0, 0.05) is 18.8 Å². The van der Waals surface area contributed by atoms with Gasteiger partial charge in [-0.2, -0.15) is 12.6 Å². The van der Waals surface area contributed by atoms with Crippen LogP contribution in [0.3, 0.4) is 0 Å². The number of thiol groups is 1. The third kappa shape index (κ3) is 6.62. The van der Waals surface area contributed by atoms with Crippen LogP contribution >= 0.6 is 12.6 Å². The van der Waals surface area contributed by atoms with Crippen LogP contribution in [0, 0.1) is 0 Å². The van der Waals surface area contributed by atoms with Crippen LogP contribution < -0.4 is 16.0 Å². The molecule has 2 atom stereocenters. The Morgan fingerprint density at radius 2 is 1.69 bits per heavy atom. The highest BCUT2D eigenvalue weighted by Crippen LogP contribution is 2.11. The number of hydrogen-bond acceptors (Lipinski definition) is 4. The van der Waals surface area contributed by atoms with Gasteiger partial charge in [0.25, 0.3) is 0 Å². The van der Waals surface area contributed by atoms with E-state index in [-0.39, 0.29) is 18.8 Å². The van der Waals surface area contributed by atoms with E-state index in [0.29, 0.717) is 13.1 Å². The molecule has 0 aromatic heterocycles. The first-order valence-electron chi connectivity index (χ1n) is 5.58. The van der Waals surface area contributed by atoms with Crippen molar-refractivity contribution in [2.75, 3.05) is 31.9 Å². The zero-order valence-corrected chi connectivity index (χ0v) is 11.1. The van der Waals surface area contributed by atoms with Crippen LogP contribution in [0.2, 0.25) is 0 Å². The second-order valence-corrected chi connectivity index (χ2v) is 4.30. The quantitative estimate of drug-likeness (QED) is 0.368. The minimum Gasteiger partial charge on any atom is -0.313 e. The third-order valence-electron chi connectivity index (χ3n) is 2.19. The predicted molar refractivity (Wildman–Crippen MR) is 67.4 cm³/mol. The van der Waals surface area contributed by atoms with Gasteiger partial charge >= 0.3 is 0 Å². The molecule has 0 rings (SSSR count). The molecule has 98 valence electrons. The molecule has 0 aliphatic carbocycles. The van der Waals surface area contributed by atoms with Crippen LogP contribution in [0.4, 0.5) is 8.78 Å². The Bertz CT molecular complexity index is 193. The van der Waals surface area contributed by atoms with Crippen molar-refractivity contribution >= 4 is 12.6 Å². The van der Waals surface area contributed by atoms with Crippen LogP contribution in [-0.2, 0) is 0 Å². The maximum Gasteiger partial charge on any atom is 0.183 e. The zero-order valence-electron chi connectivity index (χ0n) is 10.2. The summed E-state index contributed by atoms with van der Waals surface area (Å²) in [5.41, 5.74) is 0. The minimum absolute atomic E-state index is 0.00219. The lowest BCUT2D eigenvalue weighted by atomic mass is 10.2. The molecule has 0 bridgehead atoms. The molecule has 0 radical (unpaired) electrons. The maximum absolute atomic E-state index is 14.0. The Balaban J connectivity index is 4.11. The summed E-state index contributed by atoms with van der Waals surface area (Å²) in [6, 6.07) is 0. The van der Waals surface area contributed by atoms with E-state index in [4.69, 9.17) is 0 Å². The minimum atomic E-state index is -1.68. The van der Waals surface area contributed by atoms with Gasteiger partial charge in [0.15, 0.2) is 11.6 Å². The first-order chi connectivity index (χ1) is 7.39. The fourth-order valence-electron chi connectivity index (χ4n) is 1.25. The standard InChI is InChI=1S/C10H23F2N3S/c1-4-13-7-10(12,8-16)15-6-9(3,11)14-5-2/h13-16H,4-8H2,1-3H3/t9-,10+/m1/s1. The summed E-state index contributed by atoms with van der Waals surface area (Å²) in [4.78, 5) is 0. The molecule has 0 unspecified atom stereocenters. The lowest BCUT2D eigenvalue weighted by Crippen LogP contribution is -2.57. The first kappa shape index (κ1) is 16.1. The lowest BCUT2D eigenvalue weighted by Gasteiger charge is -2.29. The second-order valence-electron chi connectivity index (χ2n) is 3.99. The van der Waals surface area contributed by atoms with Crippen molar-refractivity contribution < 1.29 is 8.78 Å². The SMILES string of the molecule is CCNC[C@@](F)(CS)NC[C@](C)(F)NCC. The smallest absolute Gasteiger partial charge is 0.183 e. The Hall–Kier alpha value is 0.0900. The Labute approximate surface area is 102 Å². The highest BCUT2D eigenvalue weighted by Gasteiger charge is 2.31. The number of hydrogen-bond donors (Lipinski definition) is 4. The summed E-state index contributed by atoms with van der Waals surface area (Å²) in [7, 11) is 0. The van der Waals surface area contributed by atoms with Gasteiger partial charge in [0.05, 0.1) is 0 Å². The van der Waals surface area contributed by atoms with Crippen molar-refractivity contribution in [1.29, 1.82) is 0 Å². The average molecular weight is 255 g/mol. The van der Waals surface area contributed by atoms with Crippen LogP contribution in [0.1, 0.15) is 20.8 Å². The molecule has 3 nitrogen and oxygen atoms in total. The fraction of sp³-hybridized carbons (Fsp3) is 1.00. The van der Waals surface area contributed by atoms with Crippen molar-refractivity contribution in [2.45, 2.75) is 32.4 Å². The predicted octanol–water partition coefficient (Wildman–Crippen LogP) is 1.08. The third-order valence-corrected chi connectivity index (χ3v) is 2.69. The molecular weight excluding hydrogens is 232 g/mol. The average Bonchev–Trinajstić information content (AvgIpc) is 2.24. The molecule has 0 saturated heterocycles. The van der Waals surface area contributed by atoms with Gasteiger partial charge in [-0.1, -0.05) is 13.8 Å². The molecule has 0 aliphatic rings. The maximum atomic E-state index is 14.0. The largest absolute Gasteiger partial charge is 0.313 e. The normalized spacial score (nSPS) is 19.1. The van der Waals surface area contributed by atoms with Gasteiger partial charge in [-0.05, 0) is 20.0 Å². The van der Waals surface area contributed by atoms with Gasteiger partial charge in [-0.3, -0.25) is 10.6 Å². The summed E-state index contributed by atoms with van der Waals surface area (Å²) >= 11 is 3.94. The van der Waals surface area contributed by atoms with Gasteiger partial charge in [0.1, 0.15) is 0 Å². The molecule has 0 spiro atoms. The molecule has 0 amide bonds. The number of likely N-dealkylation sites (N-methyl/N-ethyl adjacent to an activating group) is 2. The molecule has 0 fully saturated rings. The molecule has 6 heteroatoms. The molecule has 0 saturated carbocycles. The van der Waals surface area contributed by atoms with E-state index in [1.807, 2.05) is 6.92 Å². The van der Waals surface area contributed by atoms with Gasteiger partial charge in [-0.15, -0.1) is 0 Å². The van der Waals surface area contributed by atoms with E-state index in [1.165, 1.54) is 6.92 Å². The highest BCUT2D eigenvalue weighted by molar-refractivity contribution is 7.80. The number of rotatable bonds is 9. The number of nitrogens with one attached hydrogen (secondary N) is 3. The van der Waals surface area contributed by atoms with Crippen molar-refractivity contribution in [3.05, 3.63) is 0 Å².